The lowest BCUT2D eigenvalue weighted by Gasteiger charge is -2.11. The van der Waals surface area contributed by atoms with Gasteiger partial charge in [0.2, 0.25) is 11.8 Å². The number of anilines is 1. The van der Waals surface area contributed by atoms with E-state index in [1.807, 2.05) is 38.1 Å². The molecule has 0 radical (unpaired) electrons. The fourth-order valence-corrected chi connectivity index (χ4v) is 2.71. The molecule has 4 nitrogen and oxygen atoms in total. The lowest BCUT2D eigenvalue weighted by atomic mass is 10.1. The highest BCUT2D eigenvalue weighted by molar-refractivity contribution is 5.92. The van der Waals surface area contributed by atoms with E-state index < -0.39 is 0 Å². The Bertz CT molecular complexity index is 753. The average molecular weight is 367 g/mol. The summed E-state index contributed by atoms with van der Waals surface area (Å²) in [5.74, 6) is 0.0628. The summed E-state index contributed by atoms with van der Waals surface area (Å²) in [6, 6.07) is 16.1. The quantitative estimate of drug-likeness (QED) is 0.680. The summed E-state index contributed by atoms with van der Waals surface area (Å²) in [6.45, 7) is 6.45. The zero-order valence-corrected chi connectivity index (χ0v) is 16.5. The van der Waals surface area contributed by atoms with Gasteiger partial charge in [0.05, 0.1) is 0 Å². The van der Waals surface area contributed by atoms with E-state index in [1.54, 1.807) is 0 Å². The molecular formula is C23H30N2O2. The van der Waals surface area contributed by atoms with Crippen LogP contribution in [0.15, 0.2) is 48.5 Å². The van der Waals surface area contributed by atoms with Gasteiger partial charge < -0.3 is 10.6 Å². The van der Waals surface area contributed by atoms with Crippen LogP contribution in [0, 0.1) is 12.8 Å². The summed E-state index contributed by atoms with van der Waals surface area (Å²) in [6.07, 6.45) is 3.06. The number of carbonyl (C=O) groups is 2. The summed E-state index contributed by atoms with van der Waals surface area (Å²) in [5, 5.41) is 5.88. The third-order valence-corrected chi connectivity index (χ3v) is 4.73. The van der Waals surface area contributed by atoms with Gasteiger partial charge >= 0.3 is 0 Å². The molecule has 27 heavy (non-hydrogen) atoms. The molecule has 2 rings (SSSR count). The molecule has 2 N–H and O–H groups in total. The number of aryl methyl sites for hydroxylation is 2. The maximum atomic E-state index is 12.1. The topological polar surface area (TPSA) is 58.2 Å². The van der Waals surface area contributed by atoms with Crippen LogP contribution in [0.4, 0.5) is 5.69 Å². The number of benzene rings is 2. The smallest absolute Gasteiger partial charge is 0.227 e. The zero-order valence-electron chi connectivity index (χ0n) is 16.5. The summed E-state index contributed by atoms with van der Waals surface area (Å²) in [7, 11) is 0. The molecule has 0 saturated heterocycles. The highest BCUT2D eigenvalue weighted by Crippen LogP contribution is 2.13. The SMILES string of the molecule is CCC(C)C(=O)Nc1cccc(CNC(=O)CCCc2ccc(C)cc2)c1. The second kappa shape index (κ2) is 10.5. The van der Waals surface area contributed by atoms with Crippen molar-refractivity contribution in [1.82, 2.24) is 5.32 Å². The minimum Gasteiger partial charge on any atom is -0.352 e. The first-order chi connectivity index (χ1) is 13.0. The lowest BCUT2D eigenvalue weighted by Crippen LogP contribution is -2.23. The van der Waals surface area contributed by atoms with Gasteiger partial charge in [-0.25, -0.2) is 0 Å². The van der Waals surface area contributed by atoms with Gasteiger partial charge in [-0.2, -0.15) is 0 Å². The summed E-state index contributed by atoms with van der Waals surface area (Å²) in [4.78, 5) is 24.1. The van der Waals surface area contributed by atoms with Crippen LogP contribution >= 0.6 is 0 Å². The van der Waals surface area contributed by atoms with E-state index in [0.717, 1.165) is 30.5 Å². The summed E-state index contributed by atoms with van der Waals surface area (Å²) < 4.78 is 0. The molecule has 2 amide bonds. The van der Waals surface area contributed by atoms with Crippen LogP contribution in [0.5, 0.6) is 0 Å². The Kier molecular flexibility index (Phi) is 8.05. The second-order valence-electron chi connectivity index (χ2n) is 7.11. The van der Waals surface area contributed by atoms with Crippen molar-refractivity contribution in [3.05, 3.63) is 65.2 Å². The minimum atomic E-state index is -0.0121. The highest BCUT2D eigenvalue weighted by Gasteiger charge is 2.10. The predicted molar refractivity (Wildman–Crippen MR) is 110 cm³/mol. The van der Waals surface area contributed by atoms with Crippen LogP contribution in [0.3, 0.4) is 0 Å². The van der Waals surface area contributed by atoms with Crippen molar-refractivity contribution in [2.75, 3.05) is 5.32 Å². The maximum Gasteiger partial charge on any atom is 0.227 e. The fourth-order valence-electron chi connectivity index (χ4n) is 2.71. The van der Waals surface area contributed by atoms with Crippen LogP contribution in [-0.2, 0) is 22.6 Å². The maximum absolute atomic E-state index is 12.1. The Morgan fingerprint density at radius 3 is 2.48 bits per heavy atom. The molecule has 0 heterocycles. The number of nitrogens with one attached hydrogen (secondary N) is 2. The van der Waals surface area contributed by atoms with Crippen LogP contribution < -0.4 is 10.6 Å². The van der Waals surface area contributed by atoms with Gasteiger partial charge in [-0.3, -0.25) is 9.59 Å². The standard InChI is InChI=1S/C23H30N2O2/c1-4-18(3)23(27)25-21-9-5-8-20(15-21)16-24-22(26)10-6-7-19-13-11-17(2)12-14-19/h5,8-9,11-15,18H,4,6-7,10,16H2,1-3H3,(H,24,26)(H,25,27). The molecule has 1 atom stereocenters. The molecule has 2 aromatic carbocycles. The van der Waals surface area contributed by atoms with E-state index in [9.17, 15) is 9.59 Å². The zero-order chi connectivity index (χ0) is 19.6. The molecule has 0 aliphatic rings. The second-order valence-corrected chi connectivity index (χ2v) is 7.11. The molecule has 0 spiro atoms. The monoisotopic (exact) mass is 366 g/mol. The van der Waals surface area contributed by atoms with Crippen molar-refractivity contribution < 1.29 is 9.59 Å². The van der Waals surface area contributed by atoms with Gasteiger partial charge in [-0.15, -0.1) is 0 Å². The largest absolute Gasteiger partial charge is 0.352 e. The minimum absolute atomic E-state index is 0.0121. The molecule has 2 aromatic rings. The number of hydrogen-bond donors (Lipinski definition) is 2. The molecule has 1 unspecified atom stereocenters. The van der Waals surface area contributed by atoms with Gasteiger partial charge in [0.1, 0.15) is 0 Å². The van der Waals surface area contributed by atoms with Crippen LogP contribution in [0.25, 0.3) is 0 Å². The van der Waals surface area contributed by atoms with E-state index >= 15 is 0 Å². The number of rotatable bonds is 9. The number of hydrogen-bond acceptors (Lipinski definition) is 2. The average Bonchev–Trinajstić information content (AvgIpc) is 2.67. The molecule has 0 aliphatic carbocycles. The van der Waals surface area contributed by atoms with Crippen LogP contribution in [0.1, 0.15) is 49.8 Å². The van der Waals surface area contributed by atoms with E-state index in [4.69, 9.17) is 0 Å². The Hall–Kier alpha value is -2.62. The summed E-state index contributed by atoms with van der Waals surface area (Å²) in [5.41, 5.74) is 4.26. The third kappa shape index (κ3) is 7.26. The lowest BCUT2D eigenvalue weighted by molar-refractivity contribution is -0.121. The third-order valence-electron chi connectivity index (χ3n) is 4.73. The molecule has 0 bridgehead atoms. The first-order valence-corrected chi connectivity index (χ1v) is 9.70. The van der Waals surface area contributed by atoms with Crippen molar-refractivity contribution in [2.45, 2.75) is 53.0 Å². The first-order valence-electron chi connectivity index (χ1n) is 9.70. The highest BCUT2D eigenvalue weighted by atomic mass is 16.2. The van der Waals surface area contributed by atoms with Crippen LogP contribution in [0.2, 0.25) is 0 Å². The molecule has 4 heteroatoms. The Morgan fingerprint density at radius 1 is 1.04 bits per heavy atom. The molecule has 0 saturated carbocycles. The van der Waals surface area contributed by atoms with Crippen molar-refractivity contribution in [1.29, 1.82) is 0 Å². The van der Waals surface area contributed by atoms with Crippen molar-refractivity contribution in [3.8, 4) is 0 Å². The Balaban J connectivity index is 1.75. The normalized spacial score (nSPS) is 11.7. The van der Waals surface area contributed by atoms with E-state index in [2.05, 4.69) is 41.8 Å². The van der Waals surface area contributed by atoms with Crippen molar-refractivity contribution in [3.63, 3.8) is 0 Å². The molecule has 0 fully saturated rings. The number of carbonyl (C=O) groups excluding carboxylic acids is 2. The van der Waals surface area contributed by atoms with E-state index in [0.29, 0.717) is 13.0 Å². The number of amides is 2. The molecule has 144 valence electrons. The van der Waals surface area contributed by atoms with Gasteiger partial charge in [0.15, 0.2) is 0 Å². The van der Waals surface area contributed by atoms with Crippen molar-refractivity contribution >= 4 is 17.5 Å². The molecule has 0 aliphatic heterocycles. The van der Waals surface area contributed by atoms with E-state index in [1.165, 1.54) is 11.1 Å². The van der Waals surface area contributed by atoms with Gasteiger partial charge in [0, 0.05) is 24.6 Å². The summed E-state index contributed by atoms with van der Waals surface area (Å²) >= 11 is 0. The molecular weight excluding hydrogens is 336 g/mol. The van der Waals surface area contributed by atoms with Gasteiger partial charge in [-0.1, -0.05) is 55.8 Å². The van der Waals surface area contributed by atoms with E-state index in [-0.39, 0.29) is 17.7 Å². The first kappa shape index (κ1) is 20.7. The van der Waals surface area contributed by atoms with Crippen molar-refractivity contribution in [2.24, 2.45) is 5.92 Å². The fraction of sp³-hybridized carbons (Fsp3) is 0.391. The van der Waals surface area contributed by atoms with Gasteiger partial charge in [-0.05, 0) is 49.4 Å². The predicted octanol–water partition coefficient (Wildman–Crippen LogP) is 4.62. The molecule has 0 aromatic heterocycles. The van der Waals surface area contributed by atoms with Crippen LogP contribution in [-0.4, -0.2) is 11.8 Å². The Morgan fingerprint density at radius 2 is 1.78 bits per heavy atom. The Labute approximate surface area is 162 Å². The van der Waals surface area contributed by atoms with Gasteiger partial charge in [0.25, 0.3) is 0 Å².